The van der Waals surface area contributed by atoms with Crippen molar-refractivity contribution in [2.75, 3.05) is 10.5 Å². The summed E-state index contributed by atoms with van der Waals surface area (Å²) >= 11 is 0. The van der Waals surface area contributed by atoms with Crippen LogP contribution >= 0.6 is 0 Å². The fourth-order valence-electron chi connectivity index (χ4n) is 1.03. The normalized spacial score (nSPS) is 12.4. The highest BCUT2D eigenvalue weighted by Gasteiger charge is 2.13. The first-order chi connectivity index (χ1) is 6.54. The number of aryl methyl sites for hydroxylation is 1. The first-order valence-corrected chi connectivity index (χ1v) is 5.44. The Hall–Kier alpha value is -1.30. The first kappa shape index (κ1) is 10.8. The quantitative estimate of drug-likeness (QED) is 0.705. The molecule has 6 heteroatoms. The lowest BCUT2D eigenvalue weighted by molar-refractivity contribution is 0.0692. The van der Waals surface area contributed by atoms with Crippen LogP contribution in [0.2, 0.25) is 0 Å². The van der Waals surface area contributed by atoms with Crippen LogP contribution in [0.3, 0.4) is 0 Å². The van der Waals surface area contributed by atoms with Gasteiger partial charge in [-0.1, -0.05) is 6.92 Å². The maximum absolute atomic E-state index is 11.2. The number of anilines is 1. The molecule has 0 aromatic carbocycles. The van der Waals surface area contributed by atoms with Gasteiger partial charge in [-0.05, 0) is 13.0 Å². The Kier molecular flexibility index (Phi) is 3.29. The van der Waals surface area contributed by atoms with Gasteiger partial charge in [0.2, 0.25) is 0 Å². The summed E-state index contributed by atoms with van der Waals surface area (Å²) in [5, 5.41) is 8.79. The molecule has 5 nitrogen and oxygen atoms in total. The van der Waals surface area contributed by atoms with Gasteiger partial charge >= 0.3 is 5.97 Å². The second-order valence-electron chi connectivity index (χ2n) is 2.78. The smallest absolute Gasteiger partial charge is 0.354 e. The van der Waals surface area contributed by atoms with Crippen molar-refractivity contribution in [3.8, 4) is 0 Å². The average Bonchev–Trinajstić information content (AvgIpc) is 2.46. The SMILES string of the molecule is CCS(=O)Nc1cc(C)[nH]c1C(=O)O. The van der Waals surface area contributed by atoms with Crippen LogP contribution in [-0.4, -0.2) is 26.0 Å². The summed E-state index contributed by atoms with van der Waals surface area (Å²) in [4.78, 5) is 13.4. The Labute approximate surface area is 84.1 Å². The van der Waals surface area contributed by atoms with Crippen molar-refractivity contribution < 1.29 is 14.1 Å². The molecule has 0 aliphatic carbocycles. The van der Waals surface area contributed by atoms with E-state index in [1.807, 2.05) is 0 Å². The van der Waals surface area contributed by atoms with Crippen LogP contribution in [0.15, 0.2) is 6.07 Å². The minimum absolute atomic E-state index is 0.0456. The molecule has 0 saturated heterocycles. The van der Waals surface area contributed by atoms with Crippen LogP contribution in [0, 0.1) is 6.92 Å². The molecule has 0 aliphatic rings. The zero-order valence-electron chi connectivity index (χ0n) is 7.96. The summed E-state index contributed by atoms with van der Waals surface area (Å²) in [6.07, 6.45) is 0. The number of hydrogen-bond acceptors (Lipinski definition) is 2. The number of hydrogen-bond donors (Lipinski definition) is 3. The van der Waals surface area contributed by atoms with Crippen LogP contribution in [-0.2, 0) is 11.0 Å². The van der Waals surface area contributed by atoms with Gasteiger partial charge in [-0.2, -0.15) is 0 Å². The molecule has 0 saturated carbocycles. The molecule has 1 heterocycles. The van der Waals surface area contributed by atoms with E-state index >= 15 is 0 Å². The molecule has 0 amide bonds. The van der Waals surface area contributed by atoms with Crippen molar-refractivity contribution in [1.29, 1.82) is 0 Å². The fraction of sp³-hybridized carbons (Fsp3) is 0.375. The molecule has 1 rings (SSSR count). The Morgan fingerprint density at radius 2 is 2.36 bits per heavy atom. The highest BCUT2D eigenvalue weighted by molar-refractivity contribution is 7.86. The summed E-state index contributed by atoms with van der Waals surface area (Å²) in [5.41, 5.74) is 1.14. The van der Waals surface area contributed by atoms with Crippen molar-refractivity contribution in [1.82, 2.24) is 4.98 Å². The Balaban J connectivity index is 2.95. The summed E-state index contributed by atoms with van der Waals surface area (Å²) in [7, 11) is -1.22. The van der Waals surface area contributed by atoms with Crippen LogP contribution in [0.4, 0.5) is 5.69 Å². The third-order valence-corrected chi connectivity index (χ3v) is 2.62. The van der Waals surface area contributed by atoms with Gasteiger partial charge in [0, 0.05) is 11.4 Å². The predicted octanol–water partition coefficient (Wildman–Crippen LogP) is 1.12. The standard InChI is InChI=1S/C8H12N2O3S/c1-3-14(13)10-6-4-5(2)9-7(6)8(11)12/h4,9-10H,3H2,1-2H3,(H,11,12). The van der Waals surface area contributed by atoms with Crippen molar-refractivity contribution in [2.24, 2.45) is 0 Å². The van der Waals surface area contributed by atoms with E-state index in [0.29, 0.717) is 11.4 Å². The lowest BCUT2D eigenvalue weighted by atomic mass is 10.4. The van der Waals surface area contributed by atoms with Gasteiger partial charge in [0.1, 0.15) is 16.7 Å². The summed E-state index contributed by atoms with van der Waals surface area (Å²) in [5.74, 6) is -0.628. The van der Waals surface area contributed by atoms with E-state index in [4.69, 9.17) is 5.11 Å². The second-order valence-corrected chi connectivity index (χ2v) is 4.25. The molecule has 1 atom stereocenters. The van der Waals surface area contributed by atoms with Gasteiger partial charge in [0.25, 0.3) is 0 Å². The molecule has 1 unspecified atom stereocenters. The average molecular weight is 216 g/mol. The van der Waals surface area contributed by atoms with Gasteiger partial charge in [-0.15, -0.1) is 0 Å². The van der Waals surface area contributed by atoms with Gasteiger partial charge in [0.15, 0.2) is 0 Å². The molecule has 1 aromatic rings. The summed E-state index contributed by atoms with van der Waals surface area (Å²) in [6.45, 7) is 3.50. The maximum atomic E-state index is 11.2. The Morgan fingerprint density at radius 1 is 1.71 bits per heavy atom. The van der Waals surface area contributed by atoms with Crippen molar-refractivity contribution >= 4 is 22.6 Å². The number of nitrogens with one attached hydrogen (secondary N) is 2. The number of aromatic amines is 1. The minimum atomic E-state index is -1.22. The van der Waals surface area contributed by atoms with E-state index in [1.54, 1.807) is 19.9 Å². The lowest BCUT2D eigenvalue weighted by Gasteiger charge is -2.01. The maximum Gasteiger partial charge on any atom is 0.354 e. The zero-order chi connectivity index (χ0) is 10.7. The van der Waals surface area contributed by atoms with E-state index in [0.717, 1.165) is 5.69 Å². The Morgan fingerprint density at radius 3 is 2.86 bits per heavy atom. The van der Waals surface area contributed by atoms with E-state index in [-0.39, 0.29) is 5.69 Å². The number of aromatic carboxylic acids is 1. The molecular weight excluding hydrogens is 204 g/mol. The number of H-pyrrole nitrogens is 1. The molecule has 14 heavy (non-hydrogen) atoms. The van der Waals surface area contributed by atoms with Crippen molar-refractivity contribution in [3.05, 3.63) is 17.5 Å². The van der Waals surface area contributed by atoms with E-state index in [9.17, 15) is 9.00 Å². The lowest BCUT2D eigenvalue weighted by Crippen LogP contribution is -2.09. The number of carboxylic acid groups (broad SMARTS) is 1. The molecule has 0 fully saturated rings. The molecule has 3 N–H and O–H groups in total. The van der Waals surface area contributed by atoms with Gasteiger partial charge in [0.05, 0.1) is 5.69 Å². The topological polar surface area (TPSA) is 82.2 Å². The number of aromatic nitrogens is 1. The van der Waals surface area contributed by atoms with Crippen LogP contribution < -0.4 is 4.72 Å². The van der Waals surface area contributed by atoms with Crippen LogP contribution in [0.1, 0.15) is 23.1 Å². The molecule has 0 spiro atoms. The first-order valence-electron chi connectivity index (χ1n) is 4.12. The van der Waals surface area contributed by atoms with E-state index in [1.165, 1.54) is 0 Å². The Bertz CT molecular complexity index is 373. The molecule has 0 aliphatic heterocycles. The highest BCUT2D eigenvalue weighted by Crippen LogP contribution is 2.17. The van der Waals surface area contributed by atoms with Crippen LogP contribution in [0.5, 0.6) is 0 Å². The molecule has 0 radical (unpaired) electrons. The molecular formula is C8H12N2O3S. The van der Waals surface area contributed by atoms with Gasteiger partial charge in [-0.25, -0.2) is 9.00 Å². The van der Waals surface area contributed by atoms with Gasteiger partial charge in [-0.3, -0.25) is 0 Å². The van der Waals surface area contributed by atoms with E-state index < -0.39 is 17.0 Å². The second kappa shape index (κ2) is 4.28. The van der Waals surface area contributed by atoms with Crippen LogP contribution in [0.25, 0.3) is 0 Å². The predicted molar refractivity (Wildman–Crippen MR) is 54.8 cm³/mol. The van der Waals surface area contributed by atoms with E-state index in [2.05, 4.69) is 9.71 Å². The van der Waals surface area contributed by atoms with Crippen molar-refractivity contribution in [3.63, 3.8) is 0 Å². The summed E-state index contributed by atoms with van der Waals surface area (Å²) < 4.78 is 13.8. The number of carbonyl (C=O) groups is 1. The third kappa shape index (κ3) is 2.35. The summed E-state index contributed by atoms with van der Waals surface area (Å²) in [6, 6.07) is 1.62. The largest absolute Gasteiger partial charge is 0.477 e. The molecule has 78 valence electrons. The monoisotopic (exact) mass is 216 g/mol. The molecule has 0 bridgehead atoms. The third-order valence-electron chi connectivity index (χ3n) is 1.65. The number of carboxylic acids is 1. The fourth-order valence-corrected chi connectivity index (χ4v) is 1.58. The zero-order valence-corrected chi connectivity index (χ0v) is 8.77. The minimum Gasteiger partial charge on any atom is -0.477 e. The number of rotatable bonds is 4. The van der Waals surface area contributed by atoms with Crippen molar-refractivity contribution in [2.45, 2.75) is 13.8 Å². The molecule has 1 aromatic heterocycles. The highest BCUT2D eigenvalue weighted by atomic mass is 32.2. The van der Waals surface area contributed by atoms with Gasteiger partial charge < -0.3 is 14.8 Å².